The van der Waals surface area contributed by atoms with Gasteiger partial charge in [-0.25, -0.2) is 18.7 Å². The molecular formula is C16H19F2N3. The lowest BCUT2D eigenvalue weighted by Gasteiger charge is -2.10. The molecule has 2 rings (SSSR count). The van der Waals surface area contributed by atoms with Gasteiger partial charge in [0.05, 0.1) is 0 Å². The normalized spacial score (nSPS) is 11.0. The van der Waals surface area contributed by atoms with Crippen LogP contribution < -0.4 is 5.32 Å². The summed E-state index contributed by atoms with van der Waals surface area (Å²) in [7, 11) is 1.78. The second kappa shape index (κ2) is 6.61. The second-order valence-corrected chi connectivity index (χ2v) is 5.42. The second-order valence-electron chi connectivity index (χ2n) is 5.42. The molecule has 0 amide bonds. The fraction of sp³-hybridized carbons (Fsp3) is 0.375. The van der Waals surface area contributed by atoms with Crippen LogP contribution in [0.4, 0.5) is 14.6 Å². The van der Waals surface area contributed by atoms with Crippen LogP contribution in [-0.4, -0.2) is 17.0 Å². The number of anilines is 1. The van der Waals surface area contributed by atoms with Crippen LogP contribution in [0.25, 0.3) is 0 Å². The maximum absolute atomic E-state index is 13.7. The Kier molecular flexibility index (Phi) is 4.83. The molecule has 21 heavy (non-hydrogen) atoms. The molecule has 1 N–H and O–H groups in total. The van der Waals surface area contributed by atoms with Crippen molar-refractivity contribution in [2.45, 2.75) is 26.7 Å². The topological polar surface area (TPSA) is 37.8 Å². The Morgan fingerprint density at radius 2 is 1.90 bits per heavy atom. The number of nitrogens with one attached hydrogen (secondary N) is 1. The average molecular weight is 291 g/mol. The van der Waals surface area contributed by atoms with Gasteiger partial charge in [-0.2, -0.15) is 0 Å². The lowest BCUT2D eigenvalue weighted by molar-refractivity contribution is 0.573. The molecule has 0 unspecified atom stereocenters. The third kappa shape index (κ3) is 4.21. The van der Waals surface area contributed by atoms with Crippen LogP contribution in [-0.2, 0) is 12.8 Å². The molecule has 2 aromatic rings. The van der Waals surface area contributed by atoms with Gasteiger partial charge in [-0.1, -0.05) is 19.9 Å². The molecule has 3 nitrogen and oxygen atoms in total. The fourth-order valence-corrected chi connectivity index (χ4v) is 2.12. The van der Waals surface area contributed by atoms with Crippen molar-refractivity contribution in [1.29, 1.82) is 0 Å². The zero-order valence-corrected chi connectivity index (χ0v) is 12.5. The number of hydrogen-bond donors (Lipinski definition) is 1. The maximum atomic E-state index is 13.7. The van der Waals surface area contributed by atoms with Crippen molar-refractivity contribution in [1.82, 2.24) is 9.97 Å². The van der Waals surface area contributed by atoms with Crippen LogP contribution in [0.5, 0.6) is 0 Å². The van der Waals surface area contributed by atoms with Gasteiger partial charge in [0, 0.05) is 31.3 Å². The smallest absolute Gasteiger partial charge is 0.135 e. The van der Waals surface area contributed by atoms with Crippen LogP contribution in [0.3, 0.4) is 0 Å². The summed E-state index contributed by atoms with van der Waals surface area (Å²) in [5.74, 6) is 0.557. The van der Waals surface area contributed by atoms with Gasteiger partial charge < -0.3 is 5.32 Å². The molecule has 0 radical (unpaired) electrons. The minimum Gasteiger partial charge on any atom is -0.373 e. The largest absolute Gasteiger partial charge is 0.373 e. The Morgan fingerprint density at radius 1 is 1.14 bits per heavy atom. The first-order valence-corrected chi connectivity index (χ1v) is 6.96. The van der Waals surface area contributed by atoms with E-state index < -0.39 is 11.6 Å². The summed E-state index contributed by atoms with van der Waals surface area (Å²) in [5.41, 5.74) is 1.31. The van der Waals surface area contributed by atoms with Gasteiger partial charge in [0.1, 0.15) is 23.3 Å². The average Bonchev–Trinajstić information content (AvgIpc) is 2.41. The molecule has 0 spiro atoms. The Hall–Kier alpha value is -2.04. The molecule has 0 aliphatic heterocycles. The van der Waals surface area contributed by atoms with Crippen molar-refractivity contribution in [3.8, 4) is 0 Å². The van der Waals surface area contributed by atoms with E-state index in [0.29, 0.717) is 23.1 Å². The molecule has 0 saturated heterocycles. The molecule has 0 aliphatic carbocycles. The zero-order chi connectivity index (χ0) is 15.4. The number of nitrogens with zero attached hydrogens (tertiary/aromatic N) is 2. The van der Waals surface area contributed by atoms with E-state index in [1.54, 1.807) is 7.05 Å². The molecule has 0 aliphatic rings. The van der Waals surface area contributed by atoms with Crippen molar-refractivity contribution in [2.24, 2.45) is 5.92 Å². The van der Waals surface area contributed by atoms with E-state index in [2.05, 4.69) is 29.1 Å². The van der Waals surface area contributed by atoms with Gasteiger partial charge in [-0.05, 0) is 24.0 Å². The van der Waals surface area contributed by atoms with Gasteiger partial charge in [-0.3, -0.25) is 0 Å². The third-order valence-corrected chi connectivity index (χ3v) is 3.06. The molecule has 0 atom stereocenters. The first-order valence-electron chi connectivity index (χ1n) is 6.96. The van der Waals surface area contributed by atoms with E-state index in [-0.39, 0.29) is 6.42 Å². The highest BCUT2D eigenvalue weighted by molar-refractivity contribution is 5.36. The van der Waals surface area contributed by atoms with Crippen molar-refractivity contribution in [3.63, 3.8) is 0 Å². The molecule has 0 saturated carbocycles. The van der Waals surface area contributed by atoms with Crippen LogP contribution in [0.1, 0.15) is 30.9 Å². The van der Waals surface area contributed by atoms with E-state index in [9.17, 15) is 8.78 Å². The van der Waals surface area contributed by atoms with Crippen molar-refractivity contribution in [2.75, 3.05) is 12.4 Å². The van der Waals surface area contributed by atoms with Crippen molar-refractivity contribution in [3.05, 3.63) is 53.0 Å². The third-order valence-electron chi connectivity index (χ3n) is 3.06. The SMILES string of the molecule is CNc1cc(CC(C)C)nc(Cc2ccc(F)cc2F)n1. The molecule has 112 valence electrons. The van der Waals surface area contributed by atoms with Gasteiger partial charge in [0.25, 0.3) is 0 Å². The molecular weight excluding hydrogens is 272 g/mol. The first kappa shape index (κ1) is 15.4. The summed E-state index contributed by atoms with van der Waals surface area (Å²) >= 11 is 0. The highest BCUT2D eigenvalue weighted by atomic mass is 19.1. The molecule has 5 heteroatoms. The minimum absolute atomic E-state index is 0.243. The maximum Gasteiger partial charge on any atom is 0.135 e. The molecule has 0 bridgehead atoms. The summed E-state index contributed by atoms with van der Waals surface area (Å²) in [6, 6.07) is 5.45. The summed E-state index contributed by atoms with van der Waals surface area (Å²) in [6.07, 6.45) is 1.07. The lowest BCUT2D eigenvalue weighted by atomic mass is 10.1. The summed E-state index contributed by atoms with van der Waals surface area (Å²) in [4.78, 5) is 8.80. The van der Waals surface area contributed by atoms with E-state index >= 15 is 0 Å². The monoisotopic (exact) mass is 291 g/mol. The van der Waals surface area contributed by atoms with Crippen molar-refractivity contribution < 1.29 is 8.78 Å². The number of hydrogen-bond acceptors (Lipinski definition) is 3. The van der Waals surface area contributed by atoms with E-state index in [0.717, 1.165) is 18.2 Å². The van der Waals surface area contributed by atoms with Crippen LogP contribution in [0.15, 0.2) is 24.3 Å². The molecule has 1 aromatic heterocycles. The predicted molar refractivity (Wildman–Crippen MR) is 79.3 cm³/mol. The Balaban J connectivity index is 2.29. The number of aromatic nitrogens is 2. The fourth-order valence-electron chi connectivity index (χ4n) is 2.12. The zero-order valence-electron chi connectivity index (χ0n) is 12.5. The molecule has 1 aromatic carbocycles. The standard InChI is InChI=1S/C16H19F2N3/c1-10(2)6-13-9-15(19-3)21-16(20-13)7-11-4-5-12(17)8-14(11)18/h4-5,8-10H,6-7H2,1-3H3,(H,19,20,21). The van der Waals surface area contributed by atoms with Crippen LogP contribution >= 0.6 is 0 Å². The minimum atomic E-state index is -0.582. The molecule has 1 heterocycles. The Morgan fingerprint density at radius 3 is 2.52 bits per heavy atom. The van der Waals surface area contributed by atoms with Gasteiger partial charge in [0.2, 0.25) is 0 Å². The highest BCUT2D eigenvalue weighted by Crippen LogP contribution is 2.16. The lowest BCUT2D eigenvalue weighted by Crippen LogP contribution is -2.07. The summed E-state index contributed by atoms with van der Waals surface area (Å²) in [6.45, 7) is 4.22. The summed E-state index contributed by atoms with van der Waals surface area (Å²) < 4.78 is 26.6. The molecule has 0 fully saturated rings. The van der Waals surface area contributed by atoms with Gasteiger partial charge in [-0.15, -0.1) is 0 Å². The van der Waals surface area contributed by atoms with E-state index in [1.807, 2.05) is 6.07 Å². The Labute approximate surface area is 123 Å². The van der Waals surface area contributed by atoms with Gasteiger partial charge >= 0.3 is 0 Å². The number of halogens is 2. The van der Waals surface area contributed by atoms with Crippen LogP contribution in [0.2, 0.25) is 0 Å². The number of benzene rings is 1. The quantitative estimate of drug-likeness (QED) is 0.915. The van der Waals surface area contributed by atoms with E-state index in [4.69, 9.17) is 0 Å². The summed E-state index contributed by atoms with van der Waals surface area (Å²) in [5, 5.41) is 2.99. The Bertz CT molecular complexity index is 627. The van der Waals surface area contributed by atoms with Crippen molar-refractivity contribution >= 4 is 5.82 Å². The highest BCUT2D eigenvalue weighted by Gasteiger charge is 2.10. The predicted octanol–water partition coefficient (Wildman–Crippen LogP) is 3.59. The van der Waals surface area contributed by atoms with E-state index in [1.165, 1.54) is 12.1 Å². The number of rotatable bonds is 5. The first-order chi connectivity index (χ1) is 9.97. The van der Waals surface area contributed by atoms with Gasteiger partial charge in [0.15, 0.2) is 0 Å². The van der Waals surface area contributed by atoms with Crippen LogP contribution in [0, 0.1) is 17.6 Å².